The van der Waals surface area contributed by atoms with Crippen LogP contribution in [0, 0.1) is 42.4 Å². The Morgan fingerprint density at radius 1 is 0.451 bits per heavy atom. The third kappa shape index (κ3) is 20.4. The number of amides is 8. The van der Waals surface area contributed by atoms with Gasteiger partial charge in [-0.2, -0.15) is 0 Å². The molecule has 3 aromatic heterocycles. The van der Waals surface area contributed by atoms with E-state index in [1.165, 1.54) is 111 Å². The number of benzene rings is 6. The molecule has 0 radical (unpaired) electrons. The number of imidazole rings is 3. The van der Waals surface area contributed by atoms with Crippen LogP contribution in [0.15, 0.2) is 127 Å². The number of carbonyl (C=O) groups excluding carboxylic acids is 8. The highest BCUT2D eigenvalue weighted by molar-refractivity contribution is 6.62. The third-order valence-electron chi connectivity index (χ3n) is 33.9. The maximum atomic E-state index is 14.1. The van der Waals surface area contributed by atoms with Crippen LogP contribution in [0.1, 0.15) is 313 Å². The molecule has 5 unspecified atom stereocenters. The summed E-state index contributed by atoms with van der Waals surface area (Å²) >= 11 is 0. The lowest BCUT2D eigenvalue weighted by atomic mass is 9.79. The van der Waals surface area contributed by atoms with Crippen molar-refractivity contribution in [3.8, 4) is 44.6 Å². The Bertz CT molecular complexity index is 6320. The highest BCUT2D eigenvalue weighted by atomic mass is 16.7. The first kappa shape index (κ1) is 103. The highest BCUT2D eigenvalue weighted by Crippen LogP contribution is 2.60. The lowest BCUT2D eigenvalue weighted by Crippen LogP contribution is -2.54. The van der Waals surface area contributed by atoms with Crippen molar-refractivity contribution < 1.29 is 66.6 Å². The quantitative estimate of drug-likeness (QED) is 0.0196. The van der Waals surface area contributed by atoms with Gasteiger partial charge < -0.3 is 84.1 Å². The number of aromatic nitrogens is 6. The molecule has 6 aliphatic heterocycles. The Morgan fingerprint density at radius 3 is 1.33 bits per heavy atom. The van der Waals surface area contributed by atoms with Gasteiger partial charge in [0.25, 0.3) is 0 Å². The second-order valence-electron chi connectivity index (χ2n) is 43.9. The van der Waals surface area contributed by atoms with Crippen molar-refractivity contribution >= 4 is 93.9 Å². The van der Waals surface area contributed by atoms with Gasteiger partial charge in [-0.3, -0.25) is 24.2 Å². The molecule has 4 bridgehead atoms. The molecule has 7 fully saturated rings. The average molecular weight is 1960 g/mol. The molecule has 19 rings (SSSR count). The predicted molar refractivity (Wildman–Crippen MR) is 561 cm³/mol. The molecule has 10 aliphatic rings. The number of aliphatic imine (C=N–C) groups is 1. The van der Waals surface area contributed by atoms with Gasteiger partial charge in [0.15, 0.2) is 0 Å². The van der Waals surface area contributed by atoms with Crippen LogP contribution in [0.25, 0.3) is 72.3 Å². The summed E-state index contributed by atoms with van der Waals surface area (Å²) in [5, 5.41) is 11.1. The fraction of sp³-hybridized carbons (Fsp3) is 0.544. The second-order valence-corrected chi connectivity index (χ2v) is 43.9. The molecule has 766 valence electrons. The summed E-state index contributed by atoms with van der Waals surface area (Å²) in [5.41, 5.74) is 24.1. The first-order valence-corrected chi connectivity index (χ1v) is 52.8. The topological polar surface area (TPSA) is 351 Å². The molecule has 2 saturated carbocycles. The molecule has 4 aliphatic carbocycles. The molecular weight excluding hydrogens is 1810 g/mol. The van der Waals surface area contributed by atoms with Crippen LogP contribution in [-0.2, 0) is 47.4 Å². The van der Waals surface area contributed by atoms with Crippen LogP contribution in [-0.4, -0.2) is 205 Å². The number of ether oxygens (including phenoxy) is 4. The number of aryl methyl sites for hydroxylation is 1. The van der Waals surface area contributed by atoms with Gasteiger partial charge in [0.05, 0.1) is 97.8 Å². The molecule has 5 saturated heterocycles. The van der Waals surface area contributed by atoms with Crippen LogP contribution in [0.5, 0.6) is 0 Å². The molecule has 0 spiro atoms. The van der Waals surface area contributed by atoms with Gasteiger partial charge in [-0.1, -0.05) is 180 Å². The van der Waals surface area contributed by atoms with Crippen LogP contribution >= 0.6 is 0 Å². The Morgan fingerprint density at radius 2 is 0.861 bits per heavy atom. The standard InChI is InChI=1S/C54H67N7O6.C35H44N4O3.C25H37BN4O5/c1-9-30(5)49(59-54(65)67-8)51(62)60-28-32(10-2)23-45(60)43-26-38(27-55-43)33-12-14-34(15-13-33)39-19-20-40(47-37-17-16-36(24-37)46(39)47)35-18-21-41-42(25-35)57-50(56-41)44-22-11-31(6)61(44)52(63)48(29(3)4)58-53(64)66-7;1-6-20(3)32(38-35(41)42-5)34(40)39-19-22(7-2)16-29(39)33-36-18-28(37-33)24-11-9-23(10-12-24)27-15-8-21(4)30-25-13-14-26(17-25)31(27)30;1-14(2)20(29-23(32)33-8)22(31)30-15(3)9-12-19(30)21-27-17-11-10-16(13-18(17)28-21)26-34-24(4,5)25(6,7)35-26/h12-15,18-21,25,27,29-32,36-37,44-45,48-49H,9-11,16-17,22-24,26,28H2,1-8H3,(H,56,57)(H,58,64)(H,59,65);8-12,15,18,20,22,25-26,29,32H,6-7,13-14,16-17,19H2,1-5H3,(H,36,37)(H,38,41);10-11,13-15,19-20H,9,12H2,1-8H3,(H,27,28)(H,29,32)/t30-,31-,32-,36?,37?,44-,45?,48-,49-;20-,22-,25?,26?,29-,32-;15-,19-,20-/m000/s1. The van der Waals surface area contributed by atoms with Gasteiger partial charge >= 0.3 is 31.5 Å². The first-order chi connectivity index (χ1) is 69.0. The summed E-state index contributed by atoms with van der Waals surface area (Å²) in [4.78, 5) is 142. The van der Waals surface area contributed by atoms with Crippen molar-refractivity contribution in [2.24, 2.45) is 40.5 Å². The fourth-order valence-corrected chi connectivity index (χ4v) is 24.4. The number of fused-ring (bicyclic) bond motifs is 12. The van der Waals surface area contributed by atoms with Gasteiger partial charge in [-0.25, -0.2) is 34.1 Å². The number of hydrogen-bond donors (Lipinski definition) is 7. The normalized spacial score (nSPS) is 24.2. The molecule has 9 heterocycles. The Balaban J connectivity index is 0.000000159. The Labute approximate surface area is 847 Å². The fourth-order valence-electron chi connectivity index (χ4n) is 24.4. The van der Waals surface area contributed by atoms with E-state index < -0.39 is 66.9 Å². The molecule has 18 atom stereocenters. The maximum Gasteiger partial charge on any atom is 0.494 e. The highest BCUT2D eigenvalue weighted by Gasteiger charge is 2.53. The second kappa shape index (κ2) is 42.9. The van der Waals surface area contributed by atoms with Crippen LogP contribution in [0.3, 0.4) is 0 Å². The lowest BCUT2D eigenvalue weighted by Gasteiger charge is -2.32. The summed E-state index contributed by atoms with van der Waals surface area (Å²) < 4.78 is 31.7. The van der Waals surface area contributed by atoms with E-state index in [1.807, 2.05) is 140 Å². The molecule has 6 aromatic carbocycles. The van der Waals surface area contributed by atoms with Crippen molar-refractivity contribution in [2.45, 2.75) is 322 Å². The molecule has 29 nitrogen and oxygen atoms in total. The number of carbonyl (C=O) groups is 8. The van der Waals surface area contributed by atoms with Crippen molar-refractivity contribution in [3.05, 3.63) is 172 Å². The average Bonchev–Trinajstić information content (AvgIpc) is 1.57. The number of nitrogens with zero attached hydrogens (tertiary/aromatic N) is 8. The SMILES string of the molecule is CC[C@H]1CC(C2=NC=C(c3ccc(-c4ccc(-c5ccc6nc([C@@H]7CC[C@H](C)N7C(=O)[C@@H](NC(=O)OC)C(C)C)[nH]c6c5)c5c4C4CCC5C4)cc3)C2)N(C(=O)[C@@H](NC(=O)OC)[C@@H](C)CC)C1.CC[C@H]1C[C@@H](c2ncc(-c3ccc(-c4ccc(C)c5c4C4CCC5C4)cc3)[nH]2)N(C(=O)[C@@H](NC(=O)OC)[C@@H](C)CC)C1.COC(=O)N[C@H](C(=O)N1[C@@H](C)CC[C@H]1c1nc2ccc(B3OC(C)(C)C(C)(C)O3)cc2[nH]1)C(C)C. The number of aromatic amines is 3. The maximum absolute atomic E-state index is 14.1. The number of rotatable bonds is 26. The minimum absolute atomic E-state index is 0.00409. The number of likely N-dealkylation sites (tertiary alicyclic amines) is 4. The smallest absolute Gasteiger partial charge is 0.453 e. The van der Waals surface area contributed by atoms with E-state index in [-0.39, 0.29) is 83.6 Å². The molecule has 9 aromatic rings. The van der Waals surface area contributed by atoms with Crippen LogP contribution in [0.2, 0.25) is 0 Å². The molecular formula is C114H148BN15O14. The number of nitrogens with one attached hydrogen (secondary N) is 7. The number of methoxy groups -OCH3 is 4. The van der Waals surface area contributed by atoms with Gasteiger partial charge in [0.1, 0.15) is 41.6 Å². The Hall–Kier alpha value is -12.2. The summed E-state index contributed by atoms with van der Waals surface area (Å²) in [6.07, 6.45) is 18.2. The van der Waals surface area contributed by atoms with E-state index in [0.717, 1.165) is 149 Å². The van der Waals surface area contributed by atoms with Gasteiger partial charge in [0, 0.05) is 43.5 Å². The van der Waals surface area contributed by atoms with Crippen molar-refractivity contribution in [2.75, 3.05) is 41.5 Å². The van der Waals surface area contributed by atoms with E-state index in [9.17, 15) is 38.4 Å². The van der Waals surface area contributed by atoms with E-state index in [2.05, 4.69) is 155 Å². The first-order valence-electron chi connectivity index (χ1n) is 52.8. The monoisotopic (exact) mass is 1960 g/mol. The zero-order valence-electron chi connectivity index (χ0n) is 87.9. The third-order valence-corrected chi connectivity index (χ3v) is 33.9. The van der Waals surface area contributed by atoms with E-state index in [4.69, 9.17) is 48.2 Å². The lowest BCUT2D eigenvalue weighted by molar-refractivity contribution is -0.138. The zero-order valence-corrected chi connectivity index (χ0v) is 87.9. The van der Waals surface area contributed by atoms with E-state index in [0.29, 0.717) is 49.1 Å². The largest absolute Gasteiger partial charge is 0.494 e. The van der Waals surface area contributed by atoms with Gasteiger partial charge in [-0.05, 0) is 292 Å². The number of H-pyrrole nitrogens is 3. The summed E-state index contributed by atoms with van der Waals surface area (Å²) in [5.74, 6) is 4.94. The van der Waals surface area contributed by atoms with Crippen LogP contribution in [0.4, 0.5) is 19.2 Å². The summed E-state index contributed by atoms with van der Waals surface area (Å²) in [6.45, 7) is 35.9. The number of hydrogen-bond acceptors (Lipinski definition) is 18. The summed E-state index contributed by atoms with van der Waals surface area (Å²) in [6, 6.07) is 36.2. The Kier molecular flexibility index (Phi) is 30.7. The minimum atomic E-state index is -0.701. The van der Waals surface area contributed by atoms with Crippen molar-refractivity contribution in [3.63, 3.8) is 0 Å². The molecule has 7 N–H and O–H groups in total. The minimum Gasteiger partial charge on any atom is -0.453 e. The molecule has 144 heavy (non-hydrogen) atoms. The van der Waals surface area contributed by atoms with E-state index in [1.54, 1.807) is 11.1 Å². The number of allylic oxidation sites excluding steroid dienone is 1. The van der Waals surface area contributed by atoms with Crippen molar-refractivity contribution in [1.29, 1.82) is 0 Å². The predicted octanol–water partition coefficient (Wildman–Crippen LogP) is 21.1. The van der Waals surface area contributed by atoms with Crippen LogP contribution < -0.4 is 26.7 Å². The number of alkyl carbamates (subject to hydrolysis) is 4. The van der Waals surface area contributed by atoms with Gasteiger partial charge in [-0.15, -0.1) is 0 Å². The van der Waals surface area contributed by atoms with E-state index >= 15 is 0 Å². The zero-order chi connectivity index (χ0) is 103. The molecule has 8 amide bonds. The molecule has 30 heteroatoms. The van der Waals surface area contributed by atoms with Crippen molar-refractivity contribution in [1.82, 2.24) is 70.8 Å². The summed E-state index contributed by atoms with van der Waals surface area (Å²) in [7, 11) is 4.80. The van der Waals surface area contributed by atoms with Gasteiger partial charge in [0.2, 0.25) is 23.6 Å².